The van der Waals surface area contributed by atoms with Crippen molar-refractivity contribution in [3.63, 3.8) is 0 Å². The molecule has 0 heterocycles. The predicted molar refractivity (Wildman–Crippen MR) is 97.3 cm³/mol. The van der Waals surface area contributed by atoms with Gasteiger partial charge in [0, 0.05) is 12.1 Å². The largest absolute Gasteiger partial charge is 0.493 e. The van der Waals surface area contributed by atoms with Crippen molar-refractivity contribution in [2.45, 2.75) is 52.5 Å². The van der Waals surface area contributed by atoms with Crippen LogP contribution in [0.25, 0.3) is 0 Å². The molecule has 23 heavy (non-hydrogen) atoms. The van der Waals surface area contributed by atoms with Gasteiger partial charge in [0.2, 0.25) is 0 Å². The van der Waals surface area contributed by atoms with E-state index in [1.807, 2.05) is 12.1 Å². The second kappa shape index (κ2) is 11.3. The summed E-state index contributed by atoms with van der Waals surface area (Å²) in [6.07, 6.45) is 4.77. The van der Waals surface area contributed by atoms with Crippen LogP contribution in [0.1, 0.15) is 58.1 Å². The Labute approximate surface area is 142 Å². The van der Waals surface area contributed by atoms with Crippen LogP contribution in [0.3, 0.4) is 0 Å². The molecule has 1 rings (SSSR count). The molecule has 0 bridgehead atoms. The predicted octanol–water partition coefficient (Wildman–Crippen LogP) is 4.00. The molecule has 0 amide bonds. The van der Waals surface area contributed by atoms with Crippen LogP contribution in [-0.2, 0) is 0 Å². The highest BCUT2D eigenvalue weighted by atomic mass is 16.5. The van der Waals surface area contributed by atoms with Gasteiger partial charge in [0.05, 0.1) is 19.8 Å². The average Bonchev–Trinajstić information content (AvgIpc) is 2.59. The number of nitrogens with zero attached hydrogens (tertiary/aromatic N) is 1. The summed E-state index contributed by atoms with van der Waals surface area (Å²) in [6.45, 7) is 9.77. The Morgan fingerprint density at radius 2 is 1.83 bits per heavy atom. The fourth-order valence-electron chi connectivity index (χ4n) is 2.95. The molecule has 1 aromatic carbocycles. The Morgan fingerprint density at radius 3 is 2.39 bits per heavy atom. The Bertz CT molecular complexity index is 433. The van der Waals surface area contributed by atoms with Crippen molar-refractivity contribution in [3.8, 4) is 11.5 Å². The van der Waals surface area contributed by atoms with E-state index in [0.717, 1.165) is 43.2 Å². The first-order valence-electron chi connectivity index (χ1n) is 8.97. The SMILES string of the molecule is CCCCCCOc1c(OC)cccc1C(CN)N(CC)CC. The molecule has 0 fully saturated rings. The number of unbranched alkanes of at least 4 members (excludes halogenated alkanes) is 3. The van der Waals surface area contributed by atoms with Gasteiger partial charge in [-0.2, -0.15) is 0 Å². The van der Waals surface area contributed by atoms with E-state index >= 15 is 0 Å². The minimum atomic E-state index is 0.158. The van der Waals surface area contributed by atoms with Gasteiger partial charge in [-0.3, -0.25) is 4.90 Å². The number of para-hydroxylation sites is 1. The van der Waals surface area contributed by atoms with E-state index in [1.165, 1.54) is 19.3 Å². The number of hydrogen-bond donors (Lipinski definition) is 1. The van der Waals surface area contributed by atoms with Crippen molar-refractivity contribution in [2.24, 2.45) is 5.73 Å². The van der Waals surface area contributed by atoms with Crippen LogP contribution in [-0.4, -0.2) is 38.3 Å². The lowest BCUT2D eigenvalue weighted by Gasteiger charge is -2.30. The monoisotopic (exact) mass is 322 g/mol. The van der Waals surface area contributed by atoms with Gasteiger partial charge in [-0.05, 0) is 25.6 Å². The quantitative estimate of drug-likeness (QED) is 0.591. The molecule has 2 N–H and O–H groups in total. The molecule has 1 unspecified atom stereocenters. The zero-order valence-corrected chi connectivity index (χ0v) is 15.3. The Kier molecular flexibility index (Phi) is 9.72. The summed E-state index contributed by atoms with van der Waals surface area (Å²) in [7, 11) is 1.69. The van der Waals surface area contributed by atoms with Gasteiger partial charge in [0.1, 0.15) is 0 Å². The molecule has 132 valence electrons. The summed E-state index contributed by atoms with van der Waals surface area (Å²) < 4.78 is 11.6. The average molecular weight is 322 g/mol. The number of likely N-dealkylation sites (N-methyl/N-ethyl adjacent to an activating group) is 1. The molecule has 0 aliphatic heterocycles. The van der Waals surface area contributed by atoms with Gasteiger partial charge in [-0.15, -0.1) is 0 Å². The van der Waals surface area contributed by atoms with Crippen LogP contribution in [0.15, 0.2) is 18.2 Å². The maximum absolute atomic E-state index is 6.12. The lowest BCUT2D eigenvalue weighted by molar-refractivity contribution is 0.212. The maximum atomic E-state index is 6.12. The maximum Gasteiger partial charge on any atom is 0.165 e. The summed E-state index contributed by atoms with van der Waals surface area (Å²) in [6, 6.07) is 6.25. The highest BCUT2D eigenvalue weighted by Crippen LogP contribution is 2.37. The van der Waals surface area contributed by atoms with Crippen molar-refractivity contribution in [1.82, 2.24) is 4.90 Å². The van der Waals surface area contributed by atoms with Gasteiger partial charge < -0.3 is 15.2 Å². The van der Waals surface area contributed by atoms with Crippen molar-refractivity contribution < 1.29 is 9.47 Å². The first-order chi connectivity index (χ1) is 11.2. The van der Waals surface area contributed by atoms with E-state index < -0.39 is 0 Å². The topological polar surface area (TPSA) is 47.7 Å². The zero-order chi connectivity index (χ0) is 17.1. The van der Waals surface area contributed by atoms with Crippen molar-refractivity contribution in [3.05, 3.63) is 23.8 Å². The van der Waals surface area contributed by atoms with Crippen LogP contribution in [0, 0.1) is 0 Å². The van der Waals surface area contributed by atoms with Crippen molar-refractivity contribution >= 4 is 0 Å². The number of methoxy groups -OCH3 is 1. The molecule has 0 aromatic heterocycles. The van der Waals surface area contributed by atoms with Gasteiger partial charge in [0.25, 0.3) is 0 Å². The van der Waals surface area contributed by atoms with E-state index in [-0.39, 0.29) is 6.04 Å². The number of rotatable bonds is 12. The van der Waals surface area contributed by atoms with Gasteiger partial charge in [-0.25, -0.2) is 0 Å². The Morgan fingerprint density at radius 1 is 1.09 bits per heavy atom. The fraction of sp³-hybridized carbons (Fsp3) is 0.684. The lowest BCUT2D eigenvalue weighted by Crippen LogP contribution is -2.33. The van der Waals surface area contributed by atoms with E-state index in [9.17, 15) is 0 Å². The molecule has 4 heteroatoms. The number of benzene rings is 1. The molecular weight excluding hydrogens is 288 g/mol. The van der Waals surface area contributed by atoms with E-state index in [1.54, 1.807) is 7.11 Å². The van der Waals surface area contributed by atoms with Crippen LogP contribution >= 0.6 is 0 Å². The van der Waals surface area contributed by atoms with Crippen molar-refractivity contribution in [1.29, 1.82) is 0 Å². The zero-order valence-electron chi connectivity index (χ0n) is 15.3. The van der Waals surface area contributed by atoms with E-state index in [2.05, 4.69) is 31.7 Å². The summed E-state index contributed by atoms with van der Waals surface area (Å²) in [5, 5.41) is 0. The van der Waals surface area contributed by atoms with Gasteiger partial charge in [0.15, 0.2) is 11.5 Å². The van der Waals surface area contributed by atoms with E-state index in [0.29, 0.717) is 6.54 Å². The molecule has 0 radical (unpaired) electrons. The van der Waals surface area contributed by atoms with Gasteiger partial charge >= 0.3 is 0 Å². The fourth-order valence-corrected chi connectivity index (χ4v) is 2.95. The first-order valence-corrected chi connectivity index (χ1v) is 8.97. The minimum absolute atomic E-state index is 0.158. The molecule has 0 saturated carbocycles. The molecule has 1 atom stereocenters. The molecule has 0 saturated heterocycles. The van der Waals surface area contributed by atoms with Crippen LogP contribution < -0.4 is 15.2 Å². The number of nitrogens with two attached hydrogens (primary N) is 1. The van der Waals surface area contributed by atoms with Crippen LogP contribution in [0.2, 0.25) is 0 Å². The van der Waals surface area contributed by atoms with Crippen molar-refractivity contribution in [2.75, 3.05) is 33.4 Å². The van der Waals surface area contributed by atoms with Gasteiger partial charge in [-0.1, -0.05) is 52.2 Å². The molecule has 0 spiro atoms. The summed E-state index contributed by atoms with van der Waals surface area (Å²) in [5.74, 6) is 1.65. The summed E-state index contributed by atoms with van der Waals surface area (Å²) in [4.78, 5) is 2.36. The standard InChI is InChI=1S/C19H34N2O2/c1-5-8-9-10-14-23-19-16(12-11-13-18(19)22-4)17(15-20)21(6-2)7-3/h11-13,17H,5-10,14-15,20H2,1-4H3. The molecule has 1 aromatic rings. The third kappa shape index (κ3) is 5.70. The van der Waals surface area contributed by atoms with Crippen LogP contribution in [0.5, 0.6) is 11.5 Å². The normalized spacial score (nSPS) is 12.4. The second-order valence-electron chi connectivity index (χ2n) is 5.76. The smallest absolute Gasteiger partial charge is 0.165 e. The van der Waals surface area contributed by atoms with Crippen LogP contribution in [0.4, 0.5) is 0 Å². The second-order valence-corrected chi connectivity index (χ2v) is 5.76. The Balaban J connectivity index is 2.96. The third-order valence-electron chi connectivity index (χ3n) is 4.31. The number of hydrogen-bond acceptors (Lipinski definition) is 4. The molecular formula is C19H34N2O2. The summed E-state index contributed by atoms with van der Waals surface area (Å²) >= 11 is 0. The highest BCUT2D eigenvalue weighted by Gasteiger charge is 2.22. The molecule has 0 aliphatic carbocycles. The van der Waals surface area contributed by atoms with E-state index in [4.69, 9.17) is 15.2 Å². The minimum Gasteiger partial charge on any atom is -0.493 e. The summed E-state index contributed by atoms with van der Waals surface area (Å²) in [5.41, 5.74) is 7.20. The number of ether oxygens (including phenoxy) is 2. The Hall–Kier alpha value is -1.26. The third-order valence-corrected chi connectivity index (χ3v) is 4.31. The highest BCUT2D eigenvalue weighted by molar-refractivity contribution is 5.48. The lowest BCUT2D eigenvalue weighted by atomic mass is 10.0. The first kappa shape index (κ1) is 19.8. The molecule has 4 nitrogen and oxygen atoms in total. The molecule has 0 aliphatic rings.